The Kier molecular flexibility index (Phi) is 6.55. The Bertz CT molecular complexity index is 640. The summed E-state index contributed by atoms with van der Waals surface area (Å²) < 4.78 is 10.5. The molecule has 1 aromatic carbocycles. The fraction of sp³-hybridized carbons (Fsp3) is 0.412. The highest BCUT2D eigenvalue weighted by atomic mass is 32.1. The topological polar surface area (TPSA) is 60.5 Å². The van der Waals surface area contributed by atoms with Crippen molar-refractivity contribution in [1.29, 1.82) is 0 Å². The van der Waals surface area contributed by atoms with Crippen LogP contribution in [-0.2, 0) is 16.0 Å². The Labute approximate surface area is 140 Å². The summed E-state index contributed by atoms with van der Waals surface area (Å²) in [6.45, 7) is 5.23. The van der Waals surface area contributed by atoms with Crippen molar-refractivity contribution in [3.63, 3.8) is 0 Å². The standard InChI is InChI=1S/C17H22N2O3S/c1-12(2)15-11-18-17(23-15)19-16(20)10-13-5-4-6-14(9-13)22-8-7-21-3/h4-6,9,11-12H,7-8,10H2,1-3H3,(H,18,19,20). The number of hydrogen-bond donors (Lipinski definition) is 1. The minimum absolute atomic E-state index is 0.0799. The number of methoxy groups -OCH3 is 1. The van der Waals surface area contributed by atoms with E-state index in [1.54, 1.807) is 7.11 Å². The van der Waals surface area contributed by atoms with Crippen LogP contribution in [0, 0.1) is 0 Å². The summed E-state index contributed by atoms with van der Waals surface area (Å²) >= 11 is 1.51. The van der Waals surface area contributed by atoms with Gasteiger partial charge in [0.1, 0.15) is 12.4 Å². The van der Waals surface area contributed by atoms with E-state index in [1.807, 2.05) is 30.5 Å². The van der Waals surface area contributed by atoms with Crippen molar-refractivity contribution < 1.29 is 14.3 Å². The smallest absolute Gasteiger partial charge is 0.230 e. The molecule has 0 saturated heterocycles. The first-order valence-electron chi connectivity index (χ1n) is 7.54. The Morgan fingerprint density at radius 3 is 2.87 bits per heavy atom. The third-order valence-corrected chi connectivity index (χ3v) is 4.37. The van der Waals surface area contributed by atoms with Crippen molar-refractivity contribution in [2.24, 2.45) is 0 Å². The average molecular weight is 334 g/mol. The fourth-order valence-corrected chi connectivity index (χ4v) is 2.78. The zero-order valence-corrected chi connectivity index (χ0v) is 14.5. The van der Waals surface area contributed by atoms with Crippen molar-refractivity contribution in [3.05, 3.63) is 40.9 Å². The molecule has 0 bridgehead atoms. The summed E-state index contributed by atoms with van der Waals surface area (Å²) in [5.74, 6) is 1.08. The molecule has 0 aliphatic rings. The maximum atomic E-state index is 12.1. The van der Waals surface area contributed by atoms with E-state index < -0.39 is 0 Å². The van der Waals surface area contributed by atoms with Gasteiger partial charge in [0.15, 0.2) is 5.13 Å². The number of hydrogen-bond acceptors (Lipinski definition) is 5. The molecule has 0 unspecified atom stereocenters. The van der Waals surface area contributed by atoms with Gasteiger partial charge in [0, 0.05) is 18.2 Å². The highest BCUT2D eigenvalue weighted by Crippen LogP contribution is 2.25. The summed E-state index contributed by atoms with van der Waals surface area (Å²) in [4.78, 5) is 17.5. The van der Waals surface area contributed by atoms with E-state index >= 15 is 0 Å². The van der Waals surface area contributed by atoms with Crippen LogP contribution in [0.1, 0.15) is 30.2 Å². The number of thiazole rings is 1. The maximum Gasteiger partial charge on any atom is 0.230 e. The molecule has 0 aliphatic heterocycles. The Balaban J connectivity index is 1.90. The van der Waals surface area contributed by atoms with Crippen LogP contribution in [0.4, 0.5) is 5.13 Å². The number of nitrogens with one attached hydrogen (secondary N) is 1. The quantitative estimate of drug-likeness (QED) is 0.751. The van der Waals surface area contributed by atoms with Gasteiger partial charge >= 0.3 is 0 Å². The van der Waals surface area contributed by atoms with E-state index in [0.29, 0.717) is 24.3 Å². The molecule has 1 aromatic heterocycles. The molecule has 2 aromatic rings. The number of ether oxygens (including phenoxy) is 2. The van der Waals surface area contributed by atoms with Crippen LogP contribution in [0.25, 0.3) is 0 Å². The van der Waals surface area contributed by atoms with Gasteiger partial charge in [0.2, 0.25) is 5.91 Å². The number of anilines is 1. The molecule has 0 radical (unpaired) electrons. The summed E-state index contributed by atoms with van der Waals surface area (Å²) in [7, 11) is 1.63. The van der Waals surface area contributed by atoms with Gasteiger partial charge in [-0.2, -0.15) is 0 Å². The SMILES string of the molecule is COCCOc1cccc(CC(=O)Nc2ncc(C(C)C)s2)c1. The van der Waals surface area contributed by atoms with Gasteiger partial charge in [-0.15, -0.1) is 11.3 Å². The summed E-state index contributed by atoms with van der Waals surface area (Å²) in [6.07, 6.45) is 2.10. The third-order valence-electron chi connectivity index (χ3n) is 3.16. The molecule has 0 spiro atoms. The van der Waals surface area contributed by atoms with Crippen LogP contribution >= 0.6 is 11.3 Å². The predicted octanol–water partition coefficient (Wildman–Crippen LogP) is 3.47. The number of rotatable bonds is 8. The van der Waals surface area contributed by atoms with Gasteiger partial charge in [-0.3, -0.25) is 4.79 Å². The lowest BCUT2D eigenvalue weighted by molar-refractivity contribution is -0.115. The molecule has 0 fully saturated rings. The second kappa shape index (κ2) is 8.64. The van der Waals surface area contributed by atoms with Crippen molar-refractivity contribution in [2.45, 2.75) is 26.2 Å². The Hall–Kier alpha value is -1.92. The van der Waals surface area contributed by atoms with Crippen LogP contribution in [0.15, 0.2) is 30.5 Å². The average Bonchev–Trinajstić information content (AvgIpc) is 2.96. The molecule has 6 heteroatoms. The lowest BCUT2D eigenvalue weighted by atomic mass is 10.1. The van der Waals surface area contributed by atoms with Crippen molar-refractivity contribution >= 4 is 22.4 Å². The van der Waals surface area contributed by atoms with Gasteiger partial charge in [-0.05, 0) is 23.6 Å². The first-order valence-corrected chi connectivity index (χ1v) is 8.36. The van der Waals surface area contributed by atoms with E-state index in [2.05, 4.69) is 24.1 Å². The molecule has 0 atom stereocenters. The van der Waals surface area contributed by atoms with Crippen molar-refractivity contribution in [1.82, 2.24) is 4.98 Å². The largest absolute Gasteiger partial charge is 0.491 e. The molecular formula is C17H22N2O3S. The number of carbonyl (C=O) groups excluding carboxylic acids is 1. The monoisotopic (exact) mass is 334 g/mol. The van der Waals surface area contributed by atoms with Crippen LogP contribution < -0.4 is 10.1 Å². The maximum absolute atomic E-state index is 12.1. The zero-order valence-electron chi connectivity index (χ0n) is 13.7. The third kappa shape index (κ3) is 5.65. The summed E-state index contributed by atoms with van der Waals surface area (Å²) in [5, 5.41) is 3.49. The van der Waals surface area contributed by atoms with Gasteiger partial charge in [0.05, 0.1) is 13.0 Å². The second-order valence-electron chi connectivity index (χ2n) is 5.44. The van der Waals surface area contributed by atoms with Gasteiger partial charge in [-0.1, -0.05) is 26.0 Å². The minimum atomic E-state index is -0.0799. The van der Waals surface area contributed by atoms with E-state index in [4.69, 9.17) is 9.47 Å². The van der Waals surface area contributed by atoms with Crippen molar-refractivity contribution in [3.8, 4) is 5.75 Å². The van der Waals surface area contributed by atoms with E-state index in [0.717, 1.165) is 16.2 Å². The summed E-state index contributed by atoms with van der Waals surface area (Å²) in [6, 6.07) is 7.53. The van der Waals surface area contributed by atoms with Gasteiger partial charge in [0.25, 0.3) is 0 Å². The highest BCUT2D eigenvalue weighted by molar-refractivity contribution is 7.15. The molecule has 1 amide bonds. The molecule has 124 valence electrons. The zero-order chi connectivity index (χ0) is 16.7. The first kappa shape index (κ1) is 17.4. The van der Waals surface area contributed by atoms with E-state index in [1.165, 1.54) is 11.3 Å². The number of carbonyl (C=O) groups is 1. The molecular weight excluding hydrogens is 312 g/mol. The fourth-order valence-electron chi connectivity index (χ4n) is 1.95. The first-order chi connectivity index (χ1) is 11.1. The molecule has 5 nitrogen and oxygen atoms in total. The molecule has 1 heterocycles. The Morgan fingerprint density at radius 1 is 1.35 bits per heavy atom. The summed E-state index contributed by atoms with van der Waals surface area (Å²) in [5.41, 5.74) is 0.901. The molecule has 1 N–H and O–H groups in total. The molecule has 2 rings (SSSR count). The number of amides is 1. The van der Waals surface area contributed by atoms with Crippen molar-refractivity contribution in [2.75, 3.05) is 25.6 Å². The van der Waals surface area contributed by atoms with Crippen LogP contribution in [0.5, 0.6) is 5.75 Å². The van der Waals surface area contributed by atoms with E-state index in [9.17, 15) is 4.79 Å². The normalized spacial score (nSPS) is 10.8. The predicted molar refractivity (Wildman–Crippen MR) is 92.3 cm³/mol. The van der Waals surface area contributed by atoms with Gasteiger partial charge in [-0.25, -0.2) is 4.98 Å². The van der Waals surface area contributed by atoms with Crippen LogP contribution in [0.2, 0.25) is 0 Å². The number of nitrogens with zero attached hydrogens (tertiary/aromatic N) is 1. The number of aromatic nitrogens is 1. The minimum Gasteiger partial charge on any atom is -0.491 e. The molecule has 0 saturated carbocycles. The lowest BCUT2D eigenvalue weighted by Gasteiger charge is -2.07. The number of benzene rings is 1. The highest BCUT2D eigenvalue weighted by Gasteiger charge is 2.10. The Morgan fingerprint density at radius 2 is 2.17 bits per heavy atom. The second-order valence-corrected chi connectivity index (χ2v) is 6.50. The van der Waals surface area contributed by atoms with Gasteiger partial charge < -0.3 is 14.8 Å². The lowest BCUT2D eigenvalue weighted by Crippen LogP contribution is -2.14. The molecule has 23 heavy (non-hydrogen) atoms. The van der Waals surface area contributed by atoms with Crippen LogP contribution in [-0.4, -0.2) is 31.2 Å². The van der Waals surface area contributed by atoms with Crippen LogP contribution in [0.3, 0.4) is 0 Å². The van der Waals surface area contributed by atoms with E-state index in [-0.39, 0.29) is 12.3 Å². The molecule has 0 aliphatic carbocycles.